The molecule has 0 heterocycles. The smallest absolute Gasteiger partial charge is 0.327 e. The third kappa shape index (κ3) is 2.56. The number of nitrogens with one attached hydrogen (secondary N) is 2. The fourth-order valence-corrected chi connectivity index (χ4v) is 1.05. The molecule has 1 unspecified atom stereocenters. The molecule has 1 aromatic carbocycles. The van der Waals surface area contributed by atoms with Crippen LogP contribution in [0.25, 0.3) is 0 Å². The average molecular weight is 194 g/mol. The zero-order valence-electron chi connectivity index (χ0n) is 7.31. The molecule has 5 nitrogen and oxygen atoms in total. The van der Waals surface area contributed by atoms with Crippen LogP contribution >= 0.6 is 0 Å². The van der Waals surface area contributed by atoms with Gasteiger partial charge in [0.15, 0.2) is 0 Å². The molecule has 1 rings (SSSR count). The normalized spacial score (nSPS) is 11.7. The Morgan fingerprint density at radius 1 is 1.36 bits per heavy atom. The molecule has 0 radical (unpaired) electrons. The van der Waals surface area contributed by atoms with Crippen LogP contribution in [0.15, 0.2) is 30.3 Å². The first-order chi connectivity index (χ1) is 6.75. The van der Waals surface area contributed by atoms with E-state index in [9.17, 15) is 9.59 Å². The van der Waals surface area contributed by atoms with Crippen molar-refractivity contribution in [3.05, 3.63) is 35.9 Å². The summed E-state index contributed by atoms with van der Waals surface area (Å²) in [6, 6.07) is 7.65. The third-order valence-electron chi connectivity index (χ3n) is 1.67. The summed E-state index contributed by atoms with van der Waals surface area (Å²) in [7, 11) is 0. The van der Waals surface area contributed by atoms with Crippen molar-refractivity contribution in [3.8, 4) is 0 Å². The summed E-state index contributed by atoms with van der Waals surface area (Å²) in [6.07, 6.45) is 0.388. The largest absolute Gasteiger partial charge is 0.480 e. The lowest BCUT2D eigenvalue weighted by Crippen LogP contribution is -2.38. The third-order valence-corrected chi connectivity index (χ3v) is 1.67. The van der Waals surface area contributed by atoms with E-state index < -0.39 is 12.0 Å². The van der Waals surface area contributed by atoms with Gasteiger partial charge < -0.3 is 5.11 Å². The first kappa shape index (κ1) is 10.2. The van der Waals surface area contributed by atoms with Gasteiger partial charge in [-0.1, -0.05) is 30.3 Å². The molecule has 0 fully saturated rings. The quantitative estimate of drug-likeness (QED) is 0.457. The van der Waals surface area contributed by atoms with Crippen molar-refractivity contribution in [1.29, 1.82) is 0 Å². The number of hydrogen-bond acceptors (Lipinski definition) is 3. The number of hydrogen-bond donors (Lipinski definition) is 3. The minimum Gasteiger partial charge on any atom is -0.480 e. The molecule has 0 bridgehead atoms. The second kappa shape index (κ2) is 4.98. The maximum absolute atomic E-state index is 10.8. The standard InChI is InChI=1S/C9H10N2O3/c12-6-10-11-8(9(13)14)7-4-2-1-3-5-7/h1-6,8,11H,(H,10,12)(H,13,14). The van der Waals surface area contributed by atoms with E-state index in [2.05, 4.69) is 10.9 Å². The topological polar surface area (TPSA) is 78.4 Å². The van der Waals surface area contributed by atoms with Crippen molar-refractivity contribution in [2.45, 2.75) is 6.04 Å². The molecule has 5 heteroatoms. The second-order valence-electron chi connectivity index (χ2n) is 2.59. The van der Waals surface area contributed by atoms with Gasteiger partial charge in [0.2, 0.25) is 6.41 Å². The van der Waals surface area contributed by atoms with Crippen LogP contribution in [0.5, 0.6) is 0 Å². The molecule has 0 aliphatic rings. The number of rotatable bonds is 5. The Labute approximate surface area is 80.7 Å². The van der Waals surface area contributed by atoms with Crippen LogP contribution in [0.4, 0.5) is 0 Å². The lowest BCUT2D eigenvalue weighted by atomic mass is 10.1. The van der Waals surface area contributed by atoms with E-state index in [1.807, 2.05) is 0 Å². The van der Waals surface area contributed by atoms with E-state index in [0.717, 1.165) is 0 Å². The van der Waals surface area contributed by atoms with Gasteiger partial charge in [0.1, 0.15) is 6.04 Å². The zero-order chi connectivity index (χ0) is 10.4. The molecule has 0 saturated heterocycles. The molecule has 74 valence electrons. The van der Waals surface area contributed by atoms with Gasteiger partial charge in [-0.15, -0.1) is 0 Å². The Bertz CT molecular complexity index is 313. The molecular formula is C9H10N2O3. The highest BCUT2D eigenvalue weighted by Gasteiger charge is 2.18. The van der Waals surface area contributed by atoms with Crippen molar-refractivity contribution >= 4 is 12.4 Å². The number of benzene rings is 1. The molecule has 0 aliphatic carbocycles. The summed E-state index contributed by atoms with van der Waals surface area (Å²) < 4.78 is 0. The van der Waals surface area contributed by atoms with Crippen molar-refractivity contribution in [2.24, 2.45) is 0 Å². The first-order valence-electron chi connectivity index (χ1n) is 3.98. The number of aliphatic carboxylic acids is 1. The Balaban J connectivity index is 2.78. The number of hydrazine groups is 1. The van der Waals surface area contributed by atoms with Gasteiger partial charge in [-0.3, -0.25) is 15.0 Å². The van der Waals surface area contributed by atoms with Gasteiger partial charge in [-0.05, 0) is 5.56 Å². The van der Waals surface area contributed by atoms with E-state index >= 15 is 0 Å². The predicted octanol–water partition coefficient (Wildman–Crippen LogP) is 0.0629. The highest BCUT2D eigenvalue weighted by Crippen LogP contribution is 2.11. The molecule has 0 saturated carbocycles. The summed E-state index contributed by atoms with van der Waals surface area (Å²) in [5, 5.41) is 8.83. The Morgan fingerprint density at radius 3 is 2.50 bits per heavy atom. The minimum atomic E-state index is -1.05. The minimum absolute atomic E-state index is 0.388. The van der Waals surface area contributed by atoms with Gasteiger partial charge in [-0.25, -0.2) is 5.43 Å². The van der Waals surface area contributed by atoms with Crippen LogP contribution < -0.4 is 10.9 Å². The number of carboxylic acids is 1. The fraction of sp³-hybridized carbons (Fsp3) is 0.111. The monoisotopic (exact) mass is 194 g/mol. The summed E-state index contributed by atoms with van der Waals surface area (Å²) >= 11 is 0. The molecule has 0 aliphatic heterocycles. The Kier molecular flexibility index (Phi) is 3.63. The molecule has 1 aromatic rings. The Morgan fingerprint density at radius 2 is 2.00 bits per heavy atom. The lowest BCUT2D eigenvalue weighted by Gasteiger charge is -2.12. The molecule has 0 spiro atoms. The van der Waals surface area contributed by atoms with Gasteiger partial charge in [0.25, 0.3) is 0 Å². The first-order valence-corrected chi connectivity index (χ1v) is 3.98. The fourth-order valence-electron chi connectivity index (χ4n) is 1.05. The van der Waals surface area contributed by atoms with Gasteiger partial charge in [0.05, 0.1) is 0 Å². The van der Waals surface area contributed by atoms with Gasteiger partial charge >= 0.3 is 5.97 Å². The number of amides is 1. The van der Waals surface area contributed by atoms with Crippen LogP contribution in [-0.2, 0) is 9.59 Å². The SMILES string of the molecule is O=CNNC(C(=O)O)c1ccccc1. The number of carboxylic acid groups (broad SMARTS) is 1. The molecule has 1 amide bonds. The van der Waals surface area contributed by atoms with Crippen LogP contribution in [0.2, 0.25) is 0 Å². The predicted molar refractivity (Wildman–Crippen MR) is 49.2 cm³/mol. The molecule has 3 N–H and O–H groups in total. The highest BCUT2D eigenvalue weighted by atomic mass is 16.4. The lowest BCUT2D eigenvalue weighted by molar-refractivity contribution is -0.140. The van der Waals surface area contributed by atoms with E-state index in [-0.39, 0.29) is 0 Å². The van der Waals surface area contributed by atoms with Gasteiger partial charge in [-0.2, -0.15) is 0 Å². The zero-order valence-corrected chi connectivity index (χ0v) is 7.31. The summed E-state index contributed by atoms with van der Waals surface area (Å²) in [6.45, 7) is 0. The molecular weight excluding hydrogens is 184 g/mol. The van der Waals surface area contributed by atoms with Crippen LogP contribution in [-0.4, -0.2) is 17.5 Å². The number of carbonyl (C=O) groups is 2. The molecule has 1 atom stereocenters. The molecule has 14 heavy (non-hydrogen) atoms. The van der Waals surface area contributed by atoms with E-state index in [1.54, 1.807) is 30.3 Å². The van der Waals surface area contributed by atoms with Crippen LogP contribution in [0.1, 0.15) is 11.6 Å². The maximum atomic E-state index is 10.8. The van der Waals surface area contributed by atoms with Crippen molar-refractivity contribution in [2.75, 3.05) is 0 Å². The average Bonchev–Trinajstić information content (AvgIpc) is 2.19. The van der Waals surface area contributed by atoms with E-state index in [0.29, 0.717) is 12.0 Å². The van der Waals surface area contributed by atoms with Crippen LogP contribution in [0, 0.1) is 0 Å². The van der Waals surface area contributed by atoms with E-state index in [1.165, 1.54) is 0 Å². The molecule has 0 aromatic heterocycles. The number of carbonyl (C=O) groups excluding carboxylic acids is 1. The highest BCUT2D eigenvalue weighted by molar-refractivity contribution is 5.75. The van der Waals surface area contributed by atoms with Crippen molar-refractivity contribution in [1.82, 2.24) is 10.9 Å². The van der Waals surface area contributed by atoms with Crippen molar-refractivity contribution < 1.29 is 14.7 Å². The van der Waals surface area contributed by atoms with E-state index in [4.69, 9.17) is 5.11 Å². The Hall–Kier alpha value is -1.88. The summed E-state index contributed by atoms with van der Waals surface area (Å²) in [4.78, 5) is 20.8. The second-order valence-corrected chi connectivity index (χ2v) is 2.59. The van der Waals surface area contributed by atoms with Crippen molar-refractivity contribution in [3.63, 3.8) is 0 Å². The maximum Gasteiger partial charge on any atom is 0.327 e. The van der Waals surface area contributed by atoms with Crippen LogP contribution in [0.3, 0.4) is 0 Å². The summed E-state index contributed by atoms with van der Waals surface area (Å²) in [5.74, 6) is -1.05. The summed E-state index contributed by atoms with van der Waals surface area (Å²) in [5.41, 5.74) is 5.06. The van der Waals surface area contributed by atoms with Gasteiger partial charge in [0, 0.05) is 0 Å².